The van der Waals surface area contributed by atoms with Crippen molar-refractivity contribution in [1.29, 1.82) is 0 Å². The van der Waals surface area contributed by atoms with Crippen LogP contribution in [0.3, 0.4) is 0 Å². The van der Waals surface area contributed by atoms with Crippen LogP contribution in [0, 0.1) is 0 Å². The number of rotatable bonds is 13. The summed E-state index contributed by atoms with van der Waals surface area (Å²) >= 11 is 0. The van der Waals surface area contributed by atoms with E-state index >= 15 is 0 Å². The van der Waals surface area contributed by atoms with Crippen LogP contribution < -0.4 is 15.2 Å². The van der Waals surface area contributed by atoms with Crippen LogP contribution in [-0.2, 0) is 30.2 Å². The number of benzene rings is 2. The van der Waals surface area contributed by atoms with Gasteiger partial charge < -0.3 is 34.2 Å². The summed E-state index contributed by atoms with van der Waals surface area (Å²) in [4.78, 5) is 49.3. The van der Waals surface area contributed by atoms with E-state index in [1.807, 2.05) is 13.8 Å². The molecule has 0 heterocycles. The number of hydrogen-bond acceptors (Lipinski definition) is 11. The van der Waals surface area contributed by atoms with Gasteiger partial charge in [0.05, 0.1) is 25.9 Å². The number of esters is 2. The highest BCUT2D eigenvalue weighted by molar-refractivity contribution is 5.89. The SMILES string of the molecule is CCCOC(=O)Oc1ccc(C[C@](N)(CC(C)OC(=O)c2ccccc2)C(=O)OC)cc1OC(=O)OCCC. The van der Waals surface area contributed by atoms with Crippen LogP contribution in [-0.4, -0.2) is 56.2 Å². The molecule has 0 aliphatic carbocycles. The number of ether oxygens (including phenoxy) is 6. The third kappa shape index (κ3) is 9.93. The van der Waals surface area contributed by atoms with E-state index in [1.54, 1.807) is 37.3 Å². The van der Waals surface area contributed by atoms with E-state index in [0.717, 1.165) is 0 Å². The first-order chi connectivity index (χ1) is 18.6. The highest BCUT2D eigenvalue weighted by Crippen LogP contribution is 2.31. The van der Waals surface area contributed by atoms with Gasteiger partial charge in [0, 0.05) is 12.8 Å². The Morgan fingerprint density at radius 1 is 0.872 bits per heavy atom. The molecule has 11 nitrogen and oxygen atoms in total. The molecule has 0 saturated heterocycles. The first-order valence-corrected chi connectivity index (χ1v) is 12.6. The van der Waals surface area contributed by atoms with Gasteiger partial charge >= 0.3 is 24.2 Å². The third-order valence-corrected chi connectivity index (χ3v) is 5.32. The Hall–Kier alpha value is -4.12. The van der Waals surface area contributed by atoms with E-state index in [-0.39, 0.29) is 37.6 Å². The van der Waals surface area contributed by atoms with Gasteiger partial charge in [-0.15, -0.1) is 0 Å². The molecular formula is C28H35NO10. The van der Waals surface area contributed by atoms with E-state index in [4.69, 9.17) is 34.2 Å². The molecule has 2 rings (SSSR count). The van der Waals surface area contributed by atoms with Crippen molar-refractivity contribution in [2.75, 3.05) is 20.3 Å². The molecule has 0 radical (unpaired) electrons. The van der Waals surface area contributed by atoms with Crippen molar-refractivity contribution in [3.05, 3.63) is 59.7 Å². The lowest BCUT2D eigenvalue weighted by atomic mass is 9.86. The molecule has 1 unspecified atom stereocenters. The second-order valence-electron chi connectivity index (χ2n) is 8.79. The molecule has 0 aromatic heterocycles. The molecule has 39 heavy (non-hydrogen) atoms. The Kier molecular flexibility index (Phi) is 12.2. The van der Waals surface area contributed by atoms with Crippen LogP contribution in [0.5, 0.6) is 11.5 Å². The Morgan fingerprint density at radius 2 is 1.46 bits per heavy atom. The summed E-state index contributed by atoms with van der Waals surface area (Å²) < 4.78 is 30.8. The van der Waals surface area contributed by atoms with Gasteiger partial charge in [0.2, 0.25) is 0 Å². The number of nitrogens with two attached hydrogens (primary N) is 1. The minimum absolute atomic E-state index is 0.0748. The fraction of sp³-hybridized carbons (Fsp3) is 0.429. The average molecular weight is 546 g/mol. The Bertz CT molecular complexity index is 1120. The van der Waals surface area contributed by atoms with Crippen molar-refractivity contribution >= 4 is 24.2 Å². The molecule has 0 bridgehead atoms. The predicted molar refractivity (Wildman–Crippen MR) is 140 cm³/mol. The van der Waals surface area contributed by atoms with Gasteiger partial charge in [-0.3, -0.25) is 4.79 Å². The minimum atomic E-state index is -1.62. The minimum Gasteiger partial charge on any atom is -0.468 e. The normalized spacial score (nSPS) is 12.8. The summed E-state index contributed by atoms with van der Waals surface area (Å²) in [6, 6.07) is 12.7. The van der Waals surface area contributed by atoms with Gasteiger partial charge in [-0.25, -0.2) is 14.4 Å². The van der Waals surface area contributed by atoms with Crippen LogP contribution in [0.25, 0.3) is 0 Å². The van der Waals surface area contributed by atoms with Gasteiger partial charge in [0.25, 0.3) is 0 Å². The van der Waals surface area contributed by atoms with Crippen LogP contribution >= 0.6 is 0 Å². The zero-order valence-electron chi connectivity index (χ0n) is 22.6. The summed E-state index contributed by atoms with van der Waals surface area (Å²) in [5.41, 5.74) is 5.67. The maximum absolute atomic E-state index is 12.7. The van der Waals surface area contributed by atoms with E-state index in [1.165, 1.54) is 25.3 Å². The largest absolute Gasteiger partial charge is 0.513 e. The Labute approximate surface area is 227 Å². The second-order valence-corrected chi connectivity index (χ2v) is 8.79. The van der Waals surface area contributed by atoms with Gasteiger partial charge in [0.15, 0.2) is 11.5 Å². The number of hydrogen-bond donors (Lipinski definition) is 1. The van der Waals surface area contributed by atoms with Gasteiger partial charge in [-0.1, -0.05) is 38.1 Å². The summed E-state index contributed by atoms with van der Waals surface area (Å²) in [5, 5.41) is 0. The molecule has 2 atom stereocenters. The standard InChI is InChI=1S/C28H35NO10/c1-5-14-35-26(32)38-22-13-12-20(16-23(22)39-27(33)36-15-6-2)18-28(29,25(31)34-4)17-19(3)37-24(30)21-10-8-7-9-11-21/h7-13,16,19H,5-6,14-15,17-18,29H2,1-4H3/t19?,28-/m1/s1. The van der Waals surface area contributed by atoms with Gasteiger partial charge in [-0.2, -0.15) is 0 Å². The van der Waals surface area contributed by atoms with Crippen molar-refractivity contribution in [1.82, 2.24) is 0 Å². The van der Waals surface area contributed by atoms with E-state index in [2.05, 4.69) is 0 Å². The van der Waals surface area contributed by atoms with E-state index < -0.39 is 35.9 Å². The molecule has 2 aromatic carbocycles. The number of carbonyl (C=O) groups excluding carboxylic acids is 4. The highest BCUT2D eigenvalue weighted by Gasteiger charge is 2.38. The third-order valence-electron chi connectivity index (χ3n) is 5.32. The monoisotopic (exact) mass is 545 g/mol. The quantitative estimate of drug-likeness (QED) is 0.214. The molecule has 0 amide bonds. The summed E-state index contributed by atoms with van der Waals surface area (Å²) in [7, 11) is 1.20. The smallest absolute Gasteiger partial charge is 0.468 e. The molecule has 0 aliphatic heterocycles. The zero-order valence-corrected chi connectivity index (χ0v) is 22.6. The second kappa shape index (κ2) is 15.3. The molecule has 0 aliphatic rings. The van der Waals surface area contributed by atoms with Gasteiger partial charge in [0.1, 0.15) is 11.6 Å². The molecular weight excluding hydrogens is 510 g/mol. The average Bonchev–Trinajstić information content (AvgIpc) is 2.91. The molecule has 2 aromatic rings. The molecule has 0 fully saturated rings. The fourth-order valence-electron chi connectivity index (χ4n) is 3.61. The topological polar surface area (TPSA) is 150 Å². The predicted octanol–water partition coefficient (Wildman–Crippen LogP) is 4.59. The number of carbonyl (C=O) groups is 4. The van der Waals surface area contributed by atoms with Crippen LogP contribution in [0.4, 0.5) is 9.59 Å². The van der Waals surface area contributed by atoms with E-state index in [0.29, 0.717) is 24.0 Å². The maximum atomic E-state index is 12.7. The lowest BCUT2D eigenvalue weighted by molar-refractivity contribution is -0.148. The van der Waals surface area contributed by atoms with Crippen molar-refractivity contribution in [3.63, 3.8) is 0 Å². The summed E-state index contributed by atoms with van der Waals surface area (Å²) in [5.74, 6) is -1.54. The van der Waals surface area contributed by atoms with E-state index in [9.17, 15) is 19.2 Å². The van der Waals surface area contributed by atoms with Crippen LogP contribution in [0.2, 0.25) is 0 Å². The first kappa shape index (κ1) is 31.1. The lowest BCUT2D eigenvalue weighted by Gasteiger charge is -2.29. The molecule has 0 spiro atoms. The summed E-state index contributed by atoms with van der Waals surface area (Å²) in [6.45, 7) is 5.53. The van der Waals surface area contributed by atoms with Crippen LogP contribution in [0.15, 0.2) is 48.5 Å². The Balaban J connectivity index is 2.27. The molecule has 2 N–H and O–H groups in total. The van der Waals surface area contributed by atoms with Crippen molar-refractivity contribution in [2.24, 2.45) is 5.73 Å². The summed E-state index contributed by atoms with van der Waals surface area (Å²) in [6.07, 6.45) is -1.74. The van der Waals surface area contributed by atoms with Crippen LogP contribution in [0.1, 0.15) is 56.0 Å². The Morgan fingerprint density at radius 3 is 2.03 bits per heavy atom. The zero-order chi connectivity index (χ0) is 28.8. The first-order valence-electron chi connectivity index (χ1n) is 12.6. The van der Waals surface area contributed by atoms with Crippen molar-refractivity contribution in [2.45, 2.75) is 58.1 Å². The molecule has 11 heteroatoms. The fourth-order valence-corrected chi connectivity index (χ4v) is 3.61. The molecule has 0 saturated carbocycles. The molecule has 212 valence electrons. The van der Waals surface area contributed by atoms with Crippen molar-refractivity contribution < 1.29 is 47.6 Å². The lowest BCUT2D eigenvalue weighted by Crippen LogP contribution is -2.53. The van der Waals surface area contributed by atoms with Gasteiger partial charge in [-0.05, 0) is 49.6 Å². The maximum Gasteiger partial charge on any atom is 0.513 e. The number of methoxy groups -OCH3 is 1. The van der Waals surface area contributed by atoms with Crippen molar-refractivity contribution in [3.8, 4) is 11.5 Å². The highest BCUT2D eigenvalue weighted by atomic mass is 16.7.